The number of primary sulfonamides is 1. The molecule has 0 aromatic heterocycles. The van der Waals surface area contributed by atoms with Crippen molar-refractivity contribution in [1.82, 2.24) is 0 Å². The summed E-state index contributed by atoms with van der Waals surface area (Å²) in [7, 11) is -3.67. The van der Waals surface area contributed by atoms with Gasteiger partial charge in [0.15, 0.2) is 4.24 Å². The second-order valence-electron chi connectivity index (χ2n) is 2.71. The molecule has 4 nitrogen and oxygen atoms in total. The quantitative estimate of drug-likeness (QED) is 0.737. The van der Waals surface area contributed by atoms with E-state index >= 15 is 0 Å². The lowest BCUT2D eigenvalue weighted by atomic mass is 10.2. The summed E-state index contributed by atoms with van der Waals surface area (Å²) < 4.78 is 27.2. The first-order valence-corrected chi connectivity index (χ1v) is 6.04. The predicted molar refractivity (Wildman–Crippen MR) is 55.7 cm³/mol. The van der Waals surface area contributed by atoms with Gasteiger partial charge >= 0.3 is 0 Å². The third kappa shape index (κ3) is 1.77. The number of fused-ring (bicyclic) bond motifs is 1. The molecular weight excluding hydrogens is 222 g/mol. The molecule has 0 amide bonds. The summed E-state index contributed by atoms with van der Waals surface area (Å²) in [5.41, 5.74) is 0.718. The van der Waals surface area contributed by atoms with Gasteiger partial charge < -0.3 is 4.18 Å². The normalized spacial score (nSPS) is 15.4. The van der Waals surface area contributed by atoms with Crippen molar-refractivity contribution in [2.75, 3.05) is 0 Å². The van der Waals surface area contributed by atoms with Crippen LogP contribution in [0.3, 0.4) is 0 Å². The Labute approximate surface area is 86.0 Å². The first-order chi connectivity index (χ1) is 6.57. The van der Waals surface area contributed by atoms with Crippen molar-refractivity contribution < 1.29 is 12.6 Å². The average Bonchev–Trinajstić information content (AvgIpc) is 2.16. The maximum Gasteiger partial charge on any atom is 0.247 e. The van der Waals surface area contributed by atoms with Gasteiger partial charge in [0.25, 0.3) is 0 Å². The fourth-order valence-electron chi connectivity index (χ4n) is 1.04. The molecule has 6 heteroatoms. The van der Waals surface area contributed by atoms with Crippen LogP contribution in [0.15, 0.2) is 28.5 Å². The molecule has 1 aliphatic rings. The highest BCUT2D eigenvalue weighted by atomic mass is 32.3. The minimum atomic E-state index is -3.67. The Morgan fingerprint density at radius 3 is 2.71 bits per heavy atom. The molecular formula is C8H7NO3S2. The largest absolute Gasteiger partial charge is 0.419 e. The molecule has 0 spiro atoms. The fourth-order valence-corrected chi connectivity index (χ4v) is 2.31. The Hall–Kier alpha value is -0.980. The summed E-state index contributed by atoms with van der Waals surface area (Å²) in [6.07, 6.45) is 1.50. The Morgan fingerprint density at radius 1 is 1.29 bits per heavy atom. The Balaban J connectivity index is 2.51. The maximum atomic E-state index is 11.0. The van der Waals surface area contributed by atoms with Crippen LogP contribution in [0.4, 0.5) is 0 Å². The van der Waals surface area contributed by atoms with Gasteiger partial charge in [0.2, 0.25) is 10.0 Å². The molecule has 14 heavy (non-hydrogen) atoms. The zero-order valence-electron chi connectivity index (χ0n) is 7.01. The molecule has 0 atom stereocenters. The highest BCUT2D eigenvalue weighted by Gasteiger charge is 2.20. The molecule has 2 rings (SSSR count). The molecule has 0 aliphatic carbocycles. The number of rotatable bonds is 1. The molecule has 0 unspecified atom stereocenters. The van der Waals surface area contributed by atoms with Crippen molar-refractivity contribution in [2.24, 2.45) is 5.14 Å². The van der Waals surface area contributed by atoms with Crippen molar-refractivity contribution >= 4 is 28.1 Å². The van der Waals surface area contributed by atoms with Gasteiger partial charge in [-0.3, -0.25) is 0 Å². The summed E-state index contributed by atoms with van der Waals surface area (Å²) in [6.45, 7) is 0. The Bertz CT molecular complexity index is 493. The number of benzene rings is 1. The summed E-state index contributed by atoms with van der Waals surface area (Å²) in [4.78, 5) is 0. The molecule has 0 saturated carbocycles. The van der Waals surface area contributed by atoms with E-state index in [-0.39, 0.29) is 4.24 Å². The van der Waals surface area contributed by atoms with Crippen LogP contribution in [0.2, 0.25) is 0 Å². The van der Waals surface area contributed by atoms with Crippen molar-refractivity contribution in [2.45, 2.75) is 0 Å². The zero-order valence-corrected chi connectivity index (χ0v) is 8.64. The van der Waals surface area contributed by atoms with Crippen LogP contribution in [0.5, 0.6) is 5.75 Å². The smallest absolute Gasteiger partial charge is 0.247 e. The summed E-state index contributed by atoms with van der Waals surface area (Å²) in [5.74, 6) is 0.643. The van der Waals surface area contributed by atoms with E-state index in [0.29, 0.717) is 5.75 Å². The zero-order chi connectivity index (χ0) is 10.2. The second-order valence-corrected chi connectivity index (χ2v) is 5.27. The van der Waals surface area contributed by atoms with Gasteiger partial charge in [-0.05, 0) is 12.1 Å². The summed E-state index contributed by atoms with van der Waals surface area (Å²) in [6, 6.07) is 7.14. The Morgan fingerprint density at radius 2 is 2.00 bits per heavy atom. The van der Waals surface area contributed by atoms with Crippen LogP contribution in [0.25, 0.3) is 6.08 Å². The number of nitrogens with two attached hydrogens (primary N) is 1. The van der Waals surface area contributed by atoms with Crippen LogP contribution >= 0.6 is 12.0 Å². The Kier molecular flexibility index (Phi) is 2.26. The molecule has 1 heterocycles. The standard InChI is InChI=1S/C8H7NO3S2/c9-14(10,11)8-5-6-3-1-2-4-7(6)12-13-8/h1-5H,(H2,9,10,11). The summed E-state index contributed by atoms with van der Waals surface area (Å²) in [5, 5.41) is 4.97. The first kappa shape index (κ1) is 9.57. The van der Waals surface area contributed by atoms with Crippen LogP contribution < -0.4 is 9.32 Å². The van der Waals surface area contributed by atoms with Crippen molar-refractivity contribution in [3.63, 3.8) is 0 Å². The number of sulfonamides is 1. The molecule has 0 bridgehead atoms. The summed E-state index contributed by atoms with van der Waals surface area (Å²) >= 11 is 0.761. The second kappa shape index (κ2) is 3.30. The monoisotopic (exact) mass is 229 g/mol. The lowest BCUT2D eigenvalue weighted by Crippen LogP contribution is -2.14. The fraction of sp³-hybridized carbons (Fsp3) is 0. The van der Waals surface area contributed by atoms with Gasteiger partial charge in [0, 0.05) is 5.56 Å². The molecule has 2 N–H and O–H groups in total. The van der Waals surface area contributed by atoms with Crippen molar-refractivity contribution in [3.05, 3.63) is 34.1 Å². The molecule has 1 aromatic carbocycles. The number of hydrogen-bond donors (Lipinski definition) is 1. The molecule has 0 radical (unpaired) electrons. The highest BCUT2D eigenvalue weighted by Crippen LogP contribution is 2.35. The molecule has 1 aliphatic heterocycles. The van der Waals surface area contributed by atoms with E-state index in [1.54, 1.807) is 18.2 Å². The van der Waals surface area contributed by atoms with Crippen LogP contribution in [0, 0.1) is 0 Å². The maximum absolute atomic E-state index is 11.0. The SMILES string of the molecule is NS(=O)(=O)C1=Cc2ccccc2OS1. The van der Waals surface area contributed by atoms with Crippen molar-refractivity contribution in [3.8, 4) is 5.75 Å². The van der Waals surface area contributed by atoms with Gasteiger partial charge in [-0.15, -0.1) is 0 Å². The minimum Gasteiger partial charge on any atom is -0.419 e. The van der Waals surface area contributed by atoms with Crippen LogP contribution in [0.1, 0.15) is 5.56 Å². The van der Waals surface area contributed by atoms with E-state index in [2.05, 4.69) is 0 Å². The van der Waals surface area contributed by atoms with E-state index in [9.17, 15) is 8.42 Å². The van der Waals surface area contributed by atoms with Gasteiger partial charge in [0.05, 0.1) is 0 Å². The van der Waals surface area contributed by atoms with Crippen molar-refractivity contribution in [1.29, 1.82) is 0 Å². The van der Waals surface area contributed by atoms with E-state index in [1.807, 2.05) is 6.07 Å². The van der Waals surface area contributed by atoms with E-state index < -0.39 is 10.0 Å². The van der Waals surface area contributed by atoms with E-state index in [4.69, 9.17) is 9.32 Å². The third-order valence-electron chi connectivity index (χ3n) is 1.69. The third-order valence-corrected chi connectivity index (χ3v) is 3.81. The number of para-hydroxylation sites is 1. The van der Waals surface area contributed by atoms with E-state index in [0.717, 1.165) is 17.6 Å². The molecule has 1 aromatic rings. The van der Waals surface area contributed by atoms with Crippen LogP contribution in [-0.2, 0) is 10.0 Å². The molecule has 74 valence electrons. The van der Waals surface area contributed by atoms with Gasteiger partial charge in [0.1, 0.15) is 17.8 Å². The highest BCUT2D eigenvalue weighted by molar-refractivity contribution is 8.15. The van der Waals surface area contributed by atoms with E-state index in [1.165, 1.54) is 6.08 Å². The van der Waals surface area contributed by atoms with Gasteiger partial charge in [-0.25, -0.2) is 13.6 Å². The average molecular weight is 229 g/mol. The molecule has 0 fully saturated rings. The lowest BCUT2D eigenvalue weighted by molar-refractivity contribution is 0.604. The number of hydrogen-bond acceptors (Lipinski definition) is 4. The van der Waals surface area contributed by atoms with Gasteiger partial charge in [-0.1, -0.05) is 18.2 Å². The first-order valence-electron chi connectivity index (χ1n) is 3.75. The lowest BCUT2D eigenvalue weighted by Gasteiger charge is -2.13. The minimum absolute atomic E-state index is 0.0243. The van der Waals surface area contributed by atoms with Gasteiger partial charge in [-0.2, -0.15) is 0 Å². The molecule has 0 saturated heterocycles. The van der Waals surface area contributed by atoms with Crippen LogP contribution in [-0.4, -0.2) is 8.42 Å². The predicted octanol–water partition coefficient (Wildman–Crippen LogP) is 1.31. The topological polar surface area (TPSA) is 69.4 Å².